The minimum absolute atomic E-state index is 0.166. The Morgan fingerprint density at radius 2 is 2.14 bits per heavy atom. The highest BCUT2D eigenvalue weighted by Crippen LogP contribution is 2.22. The molecule has 7 heteroatoms. The van der Waals surface area contributed by atoms with Crippen LogP contribution in [0.1, 0.15) is 29.7 Å². The van der Waals surface area contributed by atoms with E-state index in [0.717, 1.165) is 16.2 Å². The summed E-state index contributed by atoms with van der Waals surface area (Å²) in [5, 5.41) is 3.09. The zero-order chi connectivity index (χ0) is 15.7. The Kier molecular flexibility index (Phi) is 4.22. The number of nitrogens with zero attached hydrogens (tertiary/aromatic N) is 2. The number of hydrogen-bond donors (Lipinski definition) is 2. The SMILES string of the molecule is Cc1cc(C)c(C(N)=S)c(NC2CCC(=O)N(C)C2=O)n1. The number of carbonyl (C=O) groups is 2. The van der Waals surface area contributed by atoms with Crippen LogP contribution in [0.15, 0.2) is 6.07 Å². The minimum atomic E-state index is -0.491. The molecular weight excluding hydrogens is 288 g/mol. The summed E-state index contributed by atoms with van der Waals surface area (Å²) < 4.78 is 0. The summed E-state index contributed by atoms with van der Waals surface area (Å²) in [4.78, 5) is 29.4. The molecule has 0 aliphatic carbocycles. The van der Waals surface area contributed by atoms with Crippen molar-refractivity contribution in [3.63, 3.8) is 0 Å². The molecule has 1 unspecified atom stereocenters. The molecule has 1 aliphatic rings. The lowest BCUT2D eigenvalue weighted by molar-refractivity contribution is -0.146. The van der Waals surface area contributed by atoms with Crippen LogP contribution < -0.4 is 11.1 Å². The number of amides is 2. The maximum Gasteiger partial charge on any atom is 0.251 e. The van der Waals surface area contributed by atoms with Gasteiger partial charge in [-0.25, -0.2) is 4.98 Å². The number of nitrogens with one attached hydrogen (secondary N) is 1. The van der Waals surface area contributed by atoms with Gasteiger partial charge >= 0.3 is 0 Å². The molecule has 0 bridgehead atoms. The largest absolute Gasteiger partial charge is 0.389 e. The number of nitrogens with two attached hydrogens (primary N) is 1. The number of likely N-dealkylation sites (tertiary alicyclic amines) is 1. The standard InChI is InChI=1S/C14H18N4O2S/c1-7-6-8(2)16-13(11(7)12(15)21)17-9-4-5-10(19)18(3)14(9)20/h6,9H,4-5H2,1-3H3,(H2,15,21)(H,16,17). The number of hydrogen-bond acceptors (Lipinski definition) is 5. The minimum Gasteiger partial charge on any atom is -0.389 e. The van der Waals surface area contributed by atoms with E-state index in [4.69, 9.17) is 18.0 Å². The number of aryl methyl sites for hydroxylation is 2. The number of aromatic nitrogens is 1. The molecule has 2 rings (SSSR count). The van der Waals surface area contributed by atoms with Crippen LogP contribution in [-0.4, -0.2) is 39.8 Å². The van der Waals surface area contributed by atoms with Crippen molar-refractivity contribution in [2.75, 3.05) is 12.4 Å². The second-order valence-corrected chi connectivity index (χ2v) is 5.63. The first-order chi connectivity index (χ1) is 9.81. The first-order valence-corrected chi connectivity index (χ1v) is 7.07. The fourth-order valence-electron chi connectivity index (χ4n) is 2.47. The number of carbonyl (C=O) groups excluding carboxylic acids is 2. The Bertz CT molecular complexity index is 630. The maximum atomic E-state index is 12.1. The molecule has 1 atom stereocenters. The van der Waals surface area contributed by atoms with Gasteiger partial charge in [-0.2, -0.15) is 0 Å². The second kappa shape index (κ2) is 5.77. The van der Waals surface area contributed by atoms with Crippen molar-refractivity contribution in [2.24, 2.45) is 5.73 Å². The monoisotopic (exact) mass is 306 g/mol. The fraction of sp³-hybridized carbons (Fsp3) is 0.429. The first-order valence-electron chi connectivity index (χ1n) is 6.66. The Hall–Kier alpha value is -2.02. The molecule has 21 heavy (non-hydrogen) atoms. The van der Waals surface area contributed by atoms with Crippen LogP contribution in [0.2, 0.25) is 0 Å². The van der Waals surface area contributed by atoms with Crippen molar-refractivity contribution >= 4 is 34.8 Å². The average Bonchev–Trinajstić information content (AvgIpc) is 2.38. The fourth-order valence-corrected chi connectivity index (χ4v) is 2.72. The van der Waals surface area contributed by atoms with Gasteiger partial charge in [-0.3, -0.25) is 14.5 Å². The van der Waals surface area contributed by atoms with Gasteiger partial charge in [-0.1, -0.05) is 12.2 Å². The second-order valence-electron chi connectivity index (χ2n) is 5.19. The van der Waals surface area contributed by atoms with Gasteiger partial charge in [0.1, 0.15) is 16.8 Å². The summed E-state index contributed by atoms with van der Waals surface area (Å²) in [5.41, 5.74) is 8.11. The predicted octanol–water partition coefficient (Wildman–Crippen LogP) is 0.892. The summed E-state index contributed by atoms with van der Waals surface area (Å²) in [6.07, 6.45) is 0.764. The number of rotatable bonds is 3. The van der Waals surface area contributed by atoms with E-state index in [1.54, 1.807) is 0 Å². The highest BCUT2D eigenvalue weighted by Gasteiger charge is 2.32. The molecule has 1 saturated heterocycles. The molecule has 1 aliphatic heterocycles. The van der Waals surface area contributed by atoms with Gasteiger partial charge in [0, 0.05) is 19.2 Å². The molecule has 0 radical (unpaired) electrons. The number of thiocarbonyl (C=S) groups is 1. The van der Waals surface area contributed by atoms with Gasteiger partial charge in [0.15, 0.2) is 0 Å². The van der Waals surface area contributed by atoms with Crippen molar-refractivity contribution in [2.45, 2.75) is 32.7 Å². The van der Waals surface area contributed by atoms with E-state index in [0.29, 0.717) is 24.2 Å². The molecule has 1 aromatic heterocycles. The van der Waals surface area contributed by atoms with Gasteiger partial charge in [0.25, 0.3) is 5.91 Å². The Morgan fingerprint density at radius 1 is 1.48 bits per heavy atom. The van der Waals surface area contributed by atoms with Gasteiger partial charge in [0.05, 0.1) is 5.56 Å². The third kappa shape index (κ3) is 3.02. The zero-order valence-electron chi connectivity index (χ0n) is 12.3. The summed E-state index contributed by atoms with van der Waals surface area (Å²) in [7, 11) is 1.49. The van der Waals surface area contributed by atoms with Crippen LogP contribution in [0, 0.1) is 13.8 Å². The molecule has 6 nitrogen and oxygen atoms in total. The molecule has 1 fully saturated rings. The molecule has 112 valence electrons. The molecule has 0 spiro atoms. The van der Waals surface area contributed by atoms with Crippen molar-refractivity contribution < 1.29 is 9.59 Å². The highest BCUT2D eigenvalue weighted by atomic mass is 32.1. The van der Waals surface area contributed by atoms with E-state index in [2.05, 4.69) is 10.3 Å². The molecule has 2 amide bonds. The number of imide groups is 1. The predicted molar refractivity (Wildman–Crippen MR) is 84.0 cm³/mol. The van der Waals surface area contributed by atoms with Crippen LogP contribution in [0.25, 0.3) is 0 Å². The number of pyridine rings is 1. The van der Waals surface area contributed by atoms with Crippen molar-refractivity contribution in [3.05, 3.63) is 22.9 Å². The first kappa shape index (κ1) is 15.4. The van der Waals surface area contributed by atoms with Crippen molar-refractivity contribution in [1.29, 1.82) is 0 Å². The van der Waals surface area contributed by atoms with Gasteiger partial charge in [-0.05, 0) is 31.9 Å². The average molecular weight is 306 g/mol. The number of piperidine rings is 1. The molecule has 0 aromatic carbocycles. The quantitative estimate of drug-likeness (QED) is 0.637. The topological polar surface area (TPSA) is 88.3 Å². The smallest absolute Gasteiger partial charge is 0.251 e. The summed E-state index contributed by atoms with van der Waals surface area (Å²) in [6.45, 7) is 3.76. The van der Waals surface area contributed by atoms with E-state index in [1.165, 1.54) is 7.05 Å². The lowest BCUT2D eigenvalue weighted by Gasteiger charge is -2.29. The van der Waals surface area contributed by atoms with Crippen LogP contribution in [0.5, 0.6) is 0 Å². The van der Waals surface area contributed by atoms with Crippen LogP contribution in [0.3, 0.4) is 0 Å². The van der Waals surface area contributed by atoms with E-state index in [-0.39, 0.29) is 16.8 Å². The van der Waals surface area contributed by atoms with Gasteiger partial charge in [-0.15, -0.1) is 0 Å². The van der Waals surface area contributed by atoms with Crippen molar-refractivity contribution in [3.8, 4) is 0 Å². The molecule has 0 saturated carbocycles. The summed E-state index contributed by atoms with van der Waals surface area (Å²) in [5.74, 6) is 0.0724. The summed E-state index contributed by atoms with van der Waals surface area (Å²) >= 11 is 5.07. The Balaban J connectivity index is 2.33. The van der Waals surface area contributed by atoms with E-state index in [1.807, 2.05) is 19.9 Å². The normalized spacial score (nSPS) is 18.8. The van der Waals surface area contributed by atoms with Crippen molar-refractivity contribution in [1.82, 2.24) is 9.88 Å². The van der Waals surface area contributed by atoms with E-state index >= 15 is 0 Å². The van der Waals surface area contributed by atoms with Gasteiger partial charge < -0.3 is 11.1 Å². The highest BCUT2D eigenvalue weighted by molar-refractivity contribution is 7.80. The lowest BCUT2D eigenvalue weighted by atomic mass is 10.0. The number of likely N-dealkylation sites (N-methyl/N-ethyl adjacent to an activating group) is 1. The maximum absolute atomic E-state index is 12.1. The summed E-state index contributed by atoms with van der Waals surface area (Å²) in [6, 6.07) is 1.40. The third-order valence-corrected chi connectivity index (χ3v) is 3.76. The molecule has 3 N–H and O–H groups in total. The molecular formula is C14H18N4O2S. The molecule has 2 heterocycles. The Morgan fingerprint density at radius 3 is 2.76 bits per heavy atom. The van der Waals surface area contributed by atoms with E-state index < -0.39 is 6.04 Å². The van der Waals surface area contributed by atoms with Crippen LogP contribution in [0.4, 0.5) is 5.82 Å². The van der Waals surface area contributed by atoms with Gasteiger partial charge in [0.2, 0.25) is 5.91 Å². The Labute approximate surface area is 128 Å². The molecule has 1 aromatic rings. The number of anilines is 1. The van der Waals surface area contributed by atoms with Crippen LogP contribution in [-0.2, 0) is 9.59 Å². The van der Waals surface area contributed by atoms with Crippen LogP contribution >= 0.6 is 12.2 Å². The van der Waals surface area contributed by atoms with E-state index in [9.17, 15) is 9.59 Å². The lowest BCUT2D eigenvalue weighted by Crippen LogP contribution is -2.48. The third-order valence-electron chi connectivity index (χ3n) is 3.55. The zero-order valence-corrected chi connectivity index (χ0v) is 13.1.